The normalized spacial score (nSPS) is 14.4. The second kappa shape index (κ2) is 11.3. The second-order valence-electron chi connectivity index (χ2n) is 10.4. The van der Waals surface area contributed by atoms with Crippen LogP contribution in [0.1, 0.15) is 63.0 Å². The number of nitrogens with one attached hydrogen (secondary N) is 1. The van der Waals surface area contributed by atoms with Crippen LogP contribution in [0.5, 0.6) is 0 Å². The molecule has 6 heteroatoms. The van der Waals surface area contributed by atoms with E-state index < -0.39 is 18.0 Å². The van der Waals surface area contributed by atoms with Gasteiger partial charge in [-0.15, -0.1) is 0 Å². The number of hydrogen-bond donors (Lipinski definition) is 1. The Morgan fingerprint density at radius 3 is 2.44 bits per heavy atom. The summed E-state index contributed by atoms with van der Waals surface area (Å²) in [6.07, 6.45) is 4.83. The van der Waals surface area contributed by atoms with Crippen LogP contribution in [0.2, 0.25) is 0 Å². The van der Waals surface area contributed by atoms with E-state index >= 15 is 0 Å². The number of pyridine rings is 1. The number of furan rings is 1. The number of carbonyl (C=O) groups excluding carboxylic acids is 2. The SMILES string of the molecule is Cc1cc(C)cc(NC(=O)[C@@H](OC(=O)c2c3c(nc4ccccc24)/C(=C/c2ccco2)CCC3)c2ccccc2)c1. The van der Waals surface area contributed by atoms with E-state index in [1.54, 1.807) is 18.4 Å². The highest BCUT2D eigenvalue weighted by molar-refractivity contribution is 6.08. The fourth-order valence-corrected chi connectivity index (χ4v) is 5.57. The molecule has 3 aromatic carbocycles. The third-order valence-electron chi connectivity index (χ3n) is 7.29. The number of aromatic nitrogens is 1. The number of ether oxygens (including phenoxy) is 1. The molecule has 0 saturated heterocycles. The molecule has 1 aliphatic carbocycles. The van der Waals surface area contributed by atoms with Gasteiger partial charge in [-0.1, -0.05) is 54.6 Å². The number of rotatable bonds is 6. The predicted molar refractivity (Wildman–Crippen MR) is 160 cm³/mol. The van der Waals surface area contributed by atoms with E-state index in [9.17, 15) is 9.59 Å². The molecule has 5 aromatic rings. The Labute approximate surface area is 238 Å². The molecule has 0 radical (unpaired) electrons. The van der Waals surface area contributed by atoms with E-state index in [2.05, 4.69) is 5.32 Å². The first-order chi connectivity index (χ1) is 20.0. The molecule has 0 bridgehead atoms. The molecule has 0 fully saturated rings. The van der Waals surface area contributed by atoms with Gasteiger partial charge >= 0.3 is 5.97 Å². The van der Waals surface area contributed by atoms with Crippen LogP contribution >= 0.6 is 0 Å². The number of amides is 1. The maximum atomic E-state index is 14.1. The van der Waals surface area contributed by atoms with Gasteiger partial charge in [0, 0.05) is 16.6 Å². The van der Waals surface area contributed by atoms with Crippen molar-refractivity contribution in [3.05, 3.63) is 130 Å². The number of anilines is 1. The molecule has 1 aliphatic rings. The Hall–Kier alpha value is -4.97. The summed E-state index contributed by atoms with van der Waals surface area (Å²) < 4.78 is 11.7. The molecule has 2 heterocycles. The third kappa shape index (κ3) is 5.54. The molecule has 204 valence electrons. The second-order valence-corrected chi connectivity index (χ2v) is 10.4. The van der Waals surface area contributed by atoms with Crippen LogP contribution in [0.3, 0.4) is 0 Å². The Balaban J connectivity index is 1.41. The molecule has 6 nitrogen and oxygen atoms in total. The summed E-state index contributed by atoms with van der Waals surface area (Å²) in [6.45, 7) is 3.95. The molecule has 6 rings (SSSR count). The van der Waals surface area contributed by atoms with E-state index in [-0.39, 0.29) is 0 Å². The van der Waals surface area contributed by atoms with E-state index in [4.69, 9.17) is 14.1 Å². The number of carbonyl (C=O) groups is 2. The Kier molecular flexibility index (Phi) is 7.21. The quantitative estimate of drug-likeness (QED) is 0.221. The number of nitrogens with zero attached hydrogens (tertiary/aromatic N) is 1. The van der Waals surface area contributed by atoms with Gasteiger partial charge in [-0.05, 0) is 91.8 Å². The average molecular weight is 543 g/mol. The lowest BCUT2D eigenvalue weighted by atomic mass is 9.86. The monoisotopic (exact) mass is 542 g/mol. The fourth-order valence-electron chi connectivity index (χ4n) is 5.57. The van der Waals surface area contributed by atoms with Gasteiger partial charge in [-0.25, -0.2) is 9.78 Å². The maximum Gasteiger partial charge on any atom is 0.340 e. The van der Waals surface area contributed by atoms with E-state index in [0.717, 1.165) is 46.6 Å². The number of fused-ring (bicyclic) bond motifs is 2. The third-order valence-corrected chi connectivity index (χ3v) is 7.29. The van der Waals surface area contributed by atoms with Gasteiger partial charge in [0.05, 0.1) is 23.0 Å². The first-order valence-electron chi connectivity index (χ1n) is 13.8. The topological polar surface area (TPSA) is 81.4 Å². The van der Waals surface area contributed by atoms with Gasteiger partial charge in [0.1, 0.15) is 5.76 Å². The first kappa shape index (κ1) is 26.3. The Morgan fingerprint density at radius 2 is 1.68 bits per heavy atom. The predicted octanol–water partition coefficient (Wildman–Crippen LogP) is 7.86. The molecule has 1 N–H and O–H groups in total. The molecule has 1 atom stereocenters. The largest absolute Gasteiger partial charge is 0.465 e. The summed E-state index contributed by atoms with van der Waals surface area (Å²) in [5.41, 5.74) is 7.07. The van der Waals surface area contributed by atoms with Crippen LogP contribution in [0, 0.1) is 13.8 Å². The number of para-hydroxylation sites is 1. The van der Waals surface area contributed by atoms with Crippen molar-refractivity contribution in [2.75, 3.05) is 5.32 Å². The lowest BCUT2D eigenvalue weighted by Crippen LogP contribution is -2.27. The number of benzene rings is 3. The van der Waals surface area contributed by atoms with Crippen molar-refractivity contribution in [2.24, 2.45) is 0 Å². The van der Waals surface area contributed by atoms with Gasteiger partial charge in [0.15, 0.2) is 0 Å². The summed E-state index contributed by atoms with van der Waals surface area (Å²) in [7, 11) is 0. The Morgan fingerprint density at radius 1 is 0.927 bits per heavy atom. The van der Waals surface area contributed by atoms with Crippen LogP contribution in [0.15, 0.2) is 95.6 Å². The zero-order valence-corrected chi connectivity index (χ0v) is 23.0. The van der Waals surface area contributed by atoms with Crippen LogP contribution in [0.4, 0.5) is 5.69 Å². The molecule has 0 unspecified atom stereocenters. The minimum atomic E-state index is -1.14. The summed E-state index contributed by atoms with van der Waals surface area (Å²) in [5.74, 6) is -0.233. The van der Waals surface area contributed by atoms with Crippen molar-refractivity contribution in [1.82, 2.24) is 4.98 Å². The number of aryl methyl sites for hydroxylation is 2. The summed E-state index contributed by atoms with van der Waals surface area (Å²) in [5, 5.41) is 3.67. The highest BCUT2D eigenvalue weighted by Gasteiger charge is 2.31. The minimum absolute atomic E-state index is 0.416. The maximum absolute atomic E-state index is 14.1. The Bertz CT molecular complexity index is 1750. The van der Waals surface area contributed by atoms with Crippen molar-refractivity contribution < 1.29 is 18.7 Å². The molecular weight excluding hydrogens is 512 g/mol. The van der Waals surface area contributed by atoms with Crippen molar-refractivity contribution in [1.29, 1.82) is 0 Å². The number of allylic oxidation sites excluding steroid dienone is 1. The van der Waals surface area contributed by atoms with Crippen LogP contribution < -0.4 is 5.32 Å². The molecule has 0 saturated carbocycles. The molecule has 0 aliphatic heterocycles. The zero-order valence-electron chi connectivity index (χ0n) is 23.0. The van der Waals surface area contributed by atoms with Gasteiger partial charge in [0.25, 0.3) is 5.91 Å². The number of hydrogen-bond acceptors (Lipinski definition) is 5. The minimum Gasteiger partial charge on any atom is -0.465 e. The molecular formula is C35H30N2O4. The number of esters is 1. The lowest BCUT2D eigenvalue weighted by molar-refractivity contribution is -0.125. The standard InChI is InChI=1S/C35H30N2O4/c1-22-18-23(2)20-26(19-22)36-34(38)33(24-10-4-3-5-11-24)41-35(39)31-28-14-6-7-16-30(28)37-32-25(12-8-15-29(31)32)21-27-13-9-17-40-27/h3-7,9-11,13-14,16-21,33H,8,12,15H2,1-2H3,(H,36,38)/b25-21+/t33-/m0/s1. The van der Waals surface area contributed by atoms with Crippen molar-refractivity contribution in [3.8, 4) is 0 Å². The van der Waals surface area contributed by atoms with E-state index in [1.165, 1.54) is 0 Å². The van der Waals surface area contributed by atoms with Gasteiger partial charge in [0.2, 0.25) is 6.10 Å². The lowest BCUT2D eigenvalue weighted by Gasteiger charge is -2.24. The van der Waals surface area contributed by atoms with Gasteiger partial charge < -0.3 is 14.5 Å². The summed E-state index contributed by atoms with van der Waals surface area (Å²) in [4.78, 5) is 32.8. The smallest absolute Gasteiger partial charge is 0.340 e. The van der Waals surface area contributed by atoms with Crippen molar-refractivity contribution >= 4 is 40.1 Å². The molecule has 2 aromatic heterocycles. The fraction of sp³-hybridized carbons (Fsp3) is 0.171. The van der Waals surface area contributed by atoms with E-state index in [0.29, 0.717) is 34.1 Å². The molecule has 0 spiro atoms. The highest BCUT2D eigenvalue weighted by Crippen LogP contribution is 2.37. The summed E-state index contributed by atoms with van der Waals surface area (Å²) in [6, 6.07) is 26.3. The molecule has 1 amide bonds. The van der Waals surface area contributed by atoms with E-state index in [1.807, 2.05) is 92.7 Å². The molecule has 41 heavy (non-hydrogen) atoms. The van der Waals surface area contributed by atoms with Gasteiger partial charge in [-0.3, -0.25) is 4.79 Å². The van der Waals surface area contributed by atoms with Crippen LogP contribution in [0.25, 0.3) is 22.6 Å². The van der Waals surface area contributed by atoms with Gasteiger partial charge in [-0.2, -0.15) is 0 Å². The van der Waals surface area contributed by atoms with Crippen molar-refractivity contribution in [2.45, 2.75) is 39.2 Å². The van der Waals surface area contributed by atoms with Crippen LogP contribution in [-0.2, 0) is 16.0 Å². The van der Waals surface area contributed by atoms with Crippen molar-refractivity contribution in [3.63, 3.8) is 0 Å². The van der Waals surface area contributed by atoms with Crippen LogP contribution in [-0.4, -0.2) is 16.9 Å². The summed E-state index contributed by atoms with van der Waals surface area (Å²) >= 11 is 0. The zero-order chi connectivity index (χ0) is 28.3. The first-order valence-corrected chi connectivity index (χ1v) is 13.8. The average Bonchev–Trinajstić information content (AvgIpc) is 3.48. The highest BCUT2D eigenvalue weighted by atomic mass is 16.5.